The number of sulfonamides is 1. The molecule has 8 heteroatoms. The van der Waals surface area contributed by atoms with Crippen LogP contribution in [-0.2, 0) is 16.6 Å². The van der Waals surface area contributed by atoms with Crippen molar-refractivity contribution in [3.8, 4) is 0 Å². The van der Waals surface area contributed by atoms with Crippen LogP contribution in [0, 0.1) is 5.82 Å². The van der Waals surface area contributed by atoms with Gasteiger partial charge in [0.05, 0.1) is 15.6 Å². The number of rotatable bonds is 6. The Balaban J connectivity index is 1.49. The van der Waals surface area contributed by atoms with Gasteiger partial charge in [-0.2, -0.15) is 0 Å². The molecule has 0 aliphatic heterocycles. The first-order valence-corrected chi connectivity index (χ1v) is 10.4. The summed E-state index contributed by atoms with van der Waals surface area (Å²) in [6, 6.07) is 11.5. The van der Waals surface area contributed by atoms with Gasteiger partial charge in [-0.3, -0.25) is 4.98 Å². The second-order valence-corrected chi connectivity index (χ2v) is 8.63. The molecule has 0 unspecified atom stereocenters. The number of halogens is 2. The molecule has 27 heavy (non-hydrogen) atoms. The van der Waals surface area contributed by atoms with Crippen LogP contribution in [0.3, 0.4) is 0 Å². The van der Waals surface area contributed by atoms with Crippen molar-refractivity contribution in [1.29, 1.82) is 0 Å². The van der Waals surface area contributed by atoms with Gasteiger partial charge in [0.25, 0.3) is 0 Å². The zero-order chi connectivity index (χ0) is 19.0. The van der Waals surface area contributed by atoms with E-state index in [4.69, 9.17) is 11.6 Å². The number of anilines is 1. The average Bonchev–Trinajstić information content (AvgIpc) is 3.45. The number of hydrogen-bond acceptors (Lipinski definition) is 4. The molecule has 0 spiro atoms. The van der Waals surface area contributed by atoms with Crippen LogP contribution in [0.1, 0.15) is 18.4 Å². The van der Waals surface area contributed by atoms with E-state index in [-0.39, 0.29) is 16.5 Å². The molecule has 1 fully saturated rings. The molecular weight excluding hydrogens is 389 g/mol. The molecule has 0 radical (unpaired) electrons. The molecule has 1 aromatic heterocycles. The number of nitrogens with zero attached hydrogens (tertiary/aromatic N) is 1. The van der Waals surface area contributed by atoms with Crippen molar-refractivity contribution in [3.05, 3.63) is 65.1 Å². The number of hydrogen-bond donors (Lipinski definition) is 2. The van der Waals surface area contributed by atoms with E-state index in [0.29, 0.717) is 22.6 Å². The van der Waals surface area contributed by atoms with Gasteiger partial charge >= 0.3 is 0 Å². The van der Waals surface area contributed by atoms with Gasteiger partial charge in [0.1, 0.15) is 5.52 Å². The van der Waals surface area contributed by atoms with E-state index in [2.05, 4.69) is 15.0 Å². The van der Waals surface area contributed by atoms with Crippen molar-refractivity contribution >= 4 is 38.2 Å². The molecule has 1 heterocycles. The highest BCUT2D eigenvalue weighted by Crippen LogP contribution is 2.28. The van der Waals surface area contributed by atoms with Crippen LogP contribution in [-0.4, -0.2) is 19.4 Å². The van der Waals surface area contributed by atoms with Gasteiger partial charge in [-0.1, -0.05) is 23.7 Å². The van der Waals surface area contributed by atoms with E-state index in [1.54, 1.807) is 42.5 Å². The summed E-state index contributed by atoms with van der Waals surface area (Å²) in [5.74, 6) is -0.470. The van der Waals surface area contributed by atoms with Crippen LogP contribution in [0.5, 0.6) is 0 Å². The summed E-state index contributed by atoms with van der Waals surface area (Å²) in [5, 5.41) is 4.02. The molecule has 0 atom stereocenters. The number of benzene rings is 2. The quantitative estimate of drug-likeness (QED) is 0.648. The Morgan fingerprint density at radius 3 is 2.56 bits per heavy atom. The number of aromatic nitrogens is 1. The van der Waals surface area contributed by atoms with Gasteiger partial charge in [0, 0.05) is 24.2 Å². The highest BCUT2D eigenvalue weighted by atomic mass is 35.5. The van der Waals surface area contributed by atoms with E-state index < -0.39 is 15.8 Å². The Morgan fingerprint density at radius 1 is 1.11 bits per heavy atom. The van der Waals surface area contributed by atoms with Crippen molar-refractivity contribution in [1.82, 2.24) is 9.71 Å². The number of nitrogens with one attached hydrogen (secondary N) is 2. The first kappa shape index (κ1) is 18.2. The molecule has 1 aliphatic carbocycles. The molecule has 0 bridgehead atoms. The third kappa shape index (κ3) is 3.90. The van der Waals surface area contributed by atoms with Crippen LogP contribution >= 0.6 is 11.6 Å². The van der Waals surface area contributed by atoms with Crippen molar-refractivity contribution < 1.29 is 12.8 Å². The zero-order valence-electron chi connectivity index (χ0n) is 14.2. The molecule has 0 saturated heterocycles. The van der Waals surface area contributed by atoms with Crippen molar-refractivity contribution in [2.75, 3.05) is 5.32 Å². The first-order valence-electron chi connectivity index (χ1n) is 8.52. The van der Waals surface area contributed by atoms with Crippen molar-refractivity contribution in [2.24, 2.45) is 0 Å². The molecule has 1 aliphatic rings. The fraction of sp³-hybridized carbons (Fsp3) is 0.211. The van der Waals surface area contributed by atoms with Crippen LogP contribution in [0.25, 0.3) is 10.9 Å². The molecule has 2 aromatic carbocycles. The molecular formula is C19H17ClFN3O2S. The molecule has 1 saturated carbocycles. The van der Waals surface area contributed by atoms with Crippen LogP contribution in [0.15, 0.2) is 53.6 Å². The lowest BCUT2D eigenvalue weighted by atomic mass is 10.1. The van der Waals surface area contributed by atoms with Gasteiger partial charge in [-0.25, -0.2) is 17.5 Å². The van der Waals surface area contributed by atoms with E-state index in [1.807, 2.05) is 0 Å². The number of pyridine rings is 1. The monoisotopic (exact) mass is 405 g/mol. The normalized spacial score (nSPS) is 14.4. The smallest absolute Gasteiger partial charge is 0.240 e. The third-order valence-electron chi connectivity index (χ3n) is 4.41. The summed E-state index contributed by atoms with van der Waals surface area (Å²) < 4.78 is 41.6. The summed E-state index contributed by atoms with van der Waals surface area (Å²) in [5.41, 5.74) is 1.35. The molecule has 0 amide bonds. The standard InChI is InChI=1S/C19H17ClFN3O2S/c20-16-9-10-22-19-15(16)7-8-17(18(19)21)23-11-12-1-5-14(6-2-12)27(25,26)24-13-3-4-13/h1-2,5-10,13,23-24H,3-4,11H2. The Morgan fingerprint density at radius 2 is 1.85 bits per heavy atom. The topological polar surface area (TPSA) is 71.1 Å². The van der Waals surface area contributed by atoms with Crippen molar-refractivity contribution in [3.63, 3.8) is 0 Å². The van der Waals surface area contributed by atoms with Gasteiger partial charge in [-0.05, 0) is 48.7 Å². The minimum Gasteiger partial charge on any atom is -0.379 e. The summed E-state index contributed by atoms with van der Waals surface area (Å²) in [6.45, 7) is 0.347. The molecule has 3 aromatic rings. The molecule has 2 N–H and O–H groups in total. The second-order valence-electron chi connectivity index (χ2n) is 6.51. The molecule has 140 valence electrons. The van der Waals surface area contributed by atoms with Crippen LogP contribution < -0.4 is 10.0 Å². The van der Waals surface area contributed by atoms with E-state index in [0.717, 1.165) is 18.4 Å². The third-order valence-corrected chi connectivity index (χ3v) is 6.28. The average molecular weight is 406 g/mol. The number of fused-ring (bicyclic) bond motifs is 1. The van der Waals surface area contributed by atoms with E-state index in [1.165, 1.54) is 6.20 Å². The first-order chi connectivity index (χ1) is 12.9. The largest absolute Gasteiger partial charge is 0.379 e. The van der Waals surface area contributed by atoms with Gasteiger partial charge < -0.3 is 5.32 Å². The van der Waals surface area contributed by atoms with Crippen LogP contribution in [0.2, 0.25) is 5.02 Å². The Bertz CT molecular complexity index is 1100. The minimum atomic E-state index is -3.47. The SMILES string of the molecule is O=S(=O)(NC1CC1)c1ccc(CNc2ccc3c(Cl)ccnc3c2F)cc1. The van der Waals surface area contributed by atoms with Gasteiger partial charge in [0.2, 0.25) is 10.0 Å². The second kappa shape index (κ2) is 7.07. The lowest BCUT2D eigenvalue weighted by Crippen LogP contribution is -2.25. The van der Waals surface area contributed by atoms with E-state index >= 15 is 0 Å². The Labute approximate surface area is 161 Å². The maximum Gasteiger partial charge on any atom is 0.240 e. The minimum absolute atomic E-state index is 0.0642. The zero-order valence-corrected chi connectivity index (χ0v) is 15.8. The Kier molecular flexibility index (Phi) is 4.75. The lowest BCUT2D eigenvalue weighted by molar-refractivity contribution is 0.581. The van der Waals surface area contributed by atoms with Gasteiger partial charge in [-0.15, -0.1) is 0 Å². The summed E-state index contributed by atoms with van der Waals surface area (Å²) in [4.78, 5) is 4.28. The summed E-state index contributed by atoms with van der Waals surface area (Å²) >= 11 is 6.06. The van der Waals surface area contributed by atoms with Crippen LogP contribution in [0.4, 0.5) is 10.1 Å². The Hall–Kier alpha value is -2.22. The summed E-state index contributed by atoms with van der Waals surface area (Å²) in [7, 11) is -3.47. The molecule has 4 rings (SSSR count). The summed E-state index contributed by atoms with van der Waals surface area (Å²) in [6.07, 6.45) is 3.24. The predicted molar refractivity (Wildman–Crippen MR) is 104 cm³/mol. The highest BCUT2D eigenvalue weighted by Gasteiger charge is 2.27. The van der Waals surface area contributed by atoms with Crippen molar-refractivity contribution in [2.45, 2.75) is 30.3 Å². The fourth-order valence-corrected chi connectivity index (χ4v) is 4.27. The maximum atomic E-state index is 14.6. The highest BCUT2D eigenvalue weighted by molar-refractivity contribution is 7.89. The predicted octanol–water partition coefficient (Wildman–Crippen LogP) is 4.08. The van der Waals surface area contributed by atoms with E-state index in [9.17, 15) is 12.8 Å². The molecule has 5 nitrogen and oxygen atoms in total. The van der Waals surface area contributed by atoms with Gasteiger partial charge in [0.15, 0.2) is 5.82 Å². The lowest BCUT2D eigenvalue weighted by Gasteiger charge is -2.11. The maximum absolute atomic E-state index is 14.6. The fourth-order valence-electron chi connectivity index (χ4n) is 2.76.